The number of hydrogen-bond acceptors (Lipinski definition) is 4. The van der Waals surface area contributed by atoms with Crippen molar-refractivity contribution in [1.29, 1.82) is 0 Å². The van der Waals surface area contributed by atoms with E-state index >= 15 is 0 Å². The highest BCUT2D eigenvalue weighted by Gasteiger charge is 2.20. The molecule has 1 aromatic heterocycles. The summed E-state index contributed by atoms with van der Waals surface area (Å²) < 4.78 is 26.3. The number of H-pyrrole nitrogens is 1. The first-order valence-electron chi connectivity index (χ1n) is 5.61. The van der Waals surface area contributed by atoms with Crippen LogP contribution < -0.4 is 10.0 Å². The molecule has 0 radical (unpaired) electrons. The van der Waals surface area contributed by atoms with Crippen LogP contribution in [0.15, 0.2) is 12.4 Å². The highest BCUT2D eigenvalue weighted by atomic mass is 32.2. The van der Waals surface area contributed by atoms with E-state index in [-0.39, 0.29) is 12.6 Å². The average molecular weight is 260 g/mol. The lowest BCUT2D eigenvalue weighted by Gasteiger charge is -2.16. The second-order valence-corrected chi connectivity index (χ2v) is 6.53. The quantitative estimate of drug-likeness (QED) is 0.654. The summed E-state index contributed by atoms with van der Waals surface area (Å²) in [6, 6.07) is 0.279. The second-order valence-electron chi connectivity index (χ2n) is 4.35. The van der Waals surface area contributed by atoms with Gasteiger partial charge in [-0.3, -0.25) is 5.10 Å². The molecular weight excluding hydrogens is 240 g/mol. The largest absolute Gasteiger partial charge is 0.313 e. The molecule has 1 atom stereocenters. The van der Waals surface area contributed by atoms with Crippen molar-refractivity contribution < 1.29 is 8.42 Å². The number of aromatic nitrogens is 2. The predicted octanol–water partition coefficient (Wildman–Crippen LogP) is 0.216. The van der Waals surface area contributed by atoms with Gasteiger partial charge < -0.3 is 5.32 Å². The molecule has 0 bridgehead atoms. The van der Waals surface area contributed by atoms with Crippen LogP contribution in [0.4, 0.5) is 0 Å². The fourth-order valence-electron chi connectivity index (χ4n) is 1.21. The molecule has 17 heavy (non-hydrogen) atoms. The number of sulfonamides is 1. The number of aromatic amines is 1. The molecule has 1 unspecified atom stereocenters. The van der Waals surface area contributed by atoms with E-state index in [4.69, 9.17) is 0 Å². The van der Waals surface area contributed by atoms with Gasteiger partial charge in [0.15, 0.2) is 0 Å². The topological polar surface area (TPSA) is 86.9 Å². The van der Waals surface area contributed by atoms with E-state index in [1.165, 1.54) is 0 Å². The fourth-order valence-corrected chi connectivity index (χ4v) is 2.18. The summed E-state index contributed by atoms with van der Waals surface area (Å²) in [6.45, 7) is 6.37. The number of hydrogen-bond donors (Lipinski definition) is 3. The van der Waals surface area contributed by atoms with Crippen molar-refractivity contribution in [3.05, 3.63) is 18.0 Å². The van der Waals surface area contributed by atoms with Crippen LogP contribution in [0.1, 0.15) is 26.3 Å². The summed E-state index contributed by atoms with van der Waals surface area (Å²) in [7, 11) is -3.29. The minimum atomic E-state index is -3.29. The van der Waals surface area contributed by atoms with Crippen molar-refractivity contribution in [1.82, 2.24) is 20.2 Å². The molecule has 0 amide bonds. The molecule has 6 nitrogen and oxygen atoms in total. The molecule has 0 aliphatic rings. The van der Waals surface area contributed by atoms with Crippen molar-refractivity contribution in [2.45, 2.75) is 38.6 Å². The van der Waals surface area contributed by atoms with Crippen LogP contribution >= 0.6 is 0 Å². The molecule has 0 aliphatic heterocycles. The van der Waals surface area contributed by atoms with Crippen LogP contribution in [0.2, 0.25) is 0 Å². The van der Waals surface area contributed by atoms with E-state index in [9.17, 15) is 8.42 Å². The highest BCUT2D eigenvalue weighted by Crippen LogP contribution is 2.00. The predicted molar refractivity (Wildman–Crippen MR) is 66.9 cm³/mol. The van der Waals surface area contributed by atoms with Gasteiger partial charge in [-0.2, -0.15) is 5.10 Å². The lowest BCUT2D eigenvalue weighted by Crippen LogP contribution is -2.40. The Kier molecular flexibility index (Phi) is 5.10. The molecule has 1 heterocycles. The summed E-state index contributed by atoms with van der Waals surface area (Å²) in [6.07, 6.45) is 3.26. The van der Waals surface area contributed by atoms with Crippen LogP contribution in [0.25, 0.3) is 0 Å². The zero-order valence-corrected chi connectivity index (χ0v) is 11.2. The molecule has 0 saturated heterocycles. The maximum Gasteiger partial charge on any atom is 0.215 e. The number of nitrogens with one attached hydrogen (secondary N) is 3. The molecule has 0 fully saturated rings. The molecule has 98 valence electrons. The summed E-state index contributed by atoms with van der Waals surface area (Å²) in [4.78, 5) is 0. The van der Waals surface area contributed by atoms with E-state index in [1.54, 1.807) is 19.3 Å². The Balaban J connectivity index is 2.44. The maximum absolute atomic E-state index is 11.9. The Labute approximate surface area is 102 Å². The minimum Gasteiger partial charge on any atom is -0.313 e. The van der Waals surface area contributed by atoms with Crippen molar-refractivity contribution in [3.63, 3.8) is 0 Å². The maximum atomic E-state index is 11.9. The van der Waals surface area contributed by atoms with Crippen LogP contribution in [0.3, 0.4) is 0 Å². The minimum absolute atomic E-state index is 0.269. The Morgan fingerprint density at radius 2 is 2.12 bits per heavy atom. The van der Waals surface area contributed by atoms with Crippen molar-refractivity contribution in [3.8, 4) is 0 Å². The standard InChI is InChI=1S/C10H20N4O2S/c1-8(2)11-4-9(3)17(15,16)14-7-10-5-12-13-6-10/h5-6,8-9,11,14H,4,7H2,1-3H3,(H,12,13). The van der Waals surface area contributed by atoms with Crippen LogP contribution in [-0.4, -0.2) is 36.5 Å². The smallest absolute Gasteiger partial charge is 0.215 e. The third-order valence-electron chi connectivity index (χ3n) is 2.38. The SMILES string of the molecule is CC(C)NCC(C)S(=O)(=O)NCc1cn[nH]c1. The first-order valence-corrected chi connectivity index (χ1v) is 7.16. The molecular formula is C10H20N4O2S. The van der Waals surface area contributed by atoms with Crippen LogP contribution in [0, 0.1) is 0 Å². The van der Waals surface area contributed by atoms with Crippen LogP contribution in [0.5, 0.6) is 0 Å². The van der Waals surface area contributed by atoms with Crippen LogP contribution in [-0.2, 0) is 16.6 Å². The molecule has 0 saturated carbocycles. The van der Waals surface area contributed by atoms with Gasteiger partial charge in [0.05, 0.1) is 11.4 Å². The molecule has 1 rings (SSSR count). The first kappa shape index (κ1) is 14.1. The lowest BCUT2D eigenvalue weighted by atomic mass is 10.3. The Hall–Kier alpha value is -0.920. The second kappa shape index (κ2) is 6.13. The zero-order valence-electron chi connectivity index (χ0n) is 10.4. The van der Waals surface area contributed by atoms with Gasteiger partial charge in [-0.15, -0.1) is 0 Å². The van der Waals surface area contributed by atoms with Gasteiger partial charge in [-0.1, -0.05) is 13.8 Å². The van der Waals surface area contributed by atoms with E-state index in [0.717, 1.165) is 5.56 Å². The van der Waals surface area contributed by atoms with E-state index in [1.807, 2.05) is 13.8 Å². The van der Waals surface area contributed by atoms with Gasteiger partial charge in [-0.05, 0) is 6.92 Å². The van der Waals surface area contributed by atoms with E-state index < -0.39 is 15.3 Å². The Morgan fingerprint density at radius 3 is 2.65 bits per heavy atom. The van der Waals surface area contributed by atoms with Gasteiger partial charge in [0.25, 0.3) is 0 Å². The molecule has 0 spiro atoms. The monoisotopic (exact) mass is 260 g/mol. The van der Waals surface area contributed by atoms with Gasteiger partial charge in [0, 0.05) is 30.9 Å². The number of rotatable bonds is 7. The summed E-state index contributed by atoms with van der Waals surface area (Å²) in [5.74, 6) is 0. The number of nitrogens with zero attached hydrogens (tertiary/aromatic N) is 1. The Bertz CT molecular complexity index is 414. The fraction of sp³-hybridized carbons (Fsp3) is 0.700. The van der Waals surface area contributed by atoms with Crippen molar-refractivity contribution in [2.75, 3.05) is 6.54 Å². The summed E-state index contributed by atoms with van der Waals surface area (Å²) in [5, 5.41) is 9.04. The first-order chi connectivity index (χ1) is 7.92. The summed E-state index contributed by atoms with van der Waals surface area (Å²) in [5.41, 5.74) is 0.817. The van der Waals surface area contributed by atoms with Gasteiger partial charge in [0.2, 0.25) is 10.0 Å². The van der Waals surface area contributed by atoms with Crippen molar-refractivity contribution >= 4 is 10.0 Å². The summed E-state index contributed by atoms with van der Waals surface area (Å²) >= 11 is 0. The third kappa shape index (κ3) is 4.84. The molecule has 1 aromatic rings. The molecule has 0 aliphatic carbocycles. The Morgan fingerprint density at radius 1 is 1.41 bits per heavy atom. The van der Waals surface area contributed by atoms with Gasteiger partial charge in [-0.25, -0.2) is 13.1 Å². The molecule has 0 aromatic carbocycles. The lowest BCUT2D eigenvalue weighted by molar-refractivity contribution is 0.540. The van der Waals surface area contributed by atoms with E-state index in [0.29, 0.717) is 6.54 Å². The highest BCUT2D eigenvalue weighted by molar-refractivity contribution is 7.90. The molecule has 7 heteroatoms. The van der Waals surface area contributed by atoms with Crippen molar-refractivity contribution in [2.24, 2.45) is 0 Å². The van der Waals surface area contributed by atoms with Gasteiger partial charge in [0.1, 0.15) is 0 Å². The normalized spacial score (nSPS) is 14.1. The average Bonchev–Trinajstić information content (AvgIpc) is 2.75. The molecule has 3 N–H and O–H groups in total. The van der Waals surface area contributed by atoms with E-state index in [2.05, 4.69) is 20.2 Å². The third-order valence-corrected chi connectivity index (χ3v) is 4.15. The van der Waals surface area contributed by atoms with Gasteiger partial charge >= 0.3 is 0 Å². The zero-order chi connectivity index (χ0) is 12.9.